The molecule has 3 rings (SSSR count). The maximum absolute atomic E-state index is 12.6. The number of amides is 2. The molecule has 0 saturated carbocycles. The van der Waals surface area contributed by atoms with Crippen molar-refractivity contribution < 1.29 is 27.2 Å². The first-order valence-corrected chi connectivity index (χ1v) is 9.25. The van der Waals surface area contributed by atoms with Gasteiger partial charge in [0.1, 0.15) is 6.04 Å². The lowest BCUT2D eigenvalue weighted by Gasteiger charge is -2.36. The number of hydrogen-bond acceptors (Lipinski definition) is 4. The molecule has 2 aromatic rings. The monoisotopic (exact) mass is 409 g/mol. The minimum absolute atomic E-state index is 0.144. The van der Waals surface area contributed by atoms with E-state index < -0.39 is 23.7 Å². The second-order valence-corrected chi connectivity index (χ2v) is 6.97. The van der Waals surface area contributed by atoms with Gasteiger partial charge in [0, 0.05) is 32.7 Å². The van der Waals surface area contributed by atoms with Crippen LogP contribution >= 0.6 is 0 Å². The quantitative estimate of drug-likeness (QED) is 0.825. The molecule has 0 bridgehead atoms. The van der Waals surface area contributed by atoms with Gasteiger partial charge in [0.2, 0.25) is 5.91 Å². The Morgan fingerprint density at radius 3 is 2.31 bits per heavy atom. The van der Waals surface area contributed by atoms with Crippen molar-refractivity contribution in [2.45, 2.75) is 25.7 Å². The minimum atomic E-state index is -4.34. The highest BCUT2D eigenvalue weighted by Crippen LogP contribution is 2.29. The second-order valence-electron chi connectivity index (χ2n) is 6.97. The van der Waals surface area contributed by atoms with E-state index in [9.17, 15) is 22.8 Å². The fourth-order valence-corrected chi connectivity index (χ4v) is 3.19. The standard InChI is InChI=1S/C20H22F3N3O3/c1-14(24-18(27)17-3-2-12-29-17)19(28)26-10-8-25(9-11-26)13-15-4-6-16(7-5-15)20(21,22)23/h2-7,12,14H,8-11,13H2,1H3,(H,24,27)/t14-/m1/s1. The van der Waals surface area contributed by atoms with Crippen molar-refractivity contribution in [3.05, 3.63) is 59.5 Å². The maximum atomic E-state index is 12.6. The molecule has 1 aromatic heterocycles. The number of furan rings is 1. The Balaban J connectivity index is 1.47. The van der Waals surface area contributed by atoms with Gasteiger partial charge in [-0.3, -0.25) is 14.5 Å². The number of nitrogens with zero attached hydrogens (tertiary/aromatic N) is 2. The number of nitrogens with one attached hydrogen (secondary N) is 1. The largest absolute Gasteiger partial charge is 0.459 e. The summed E-state index contributed by atoms with van der Waals surface area (Å²) >= 11 is 0. The Bertz CT molecular complexity index is 827. The van der Waals surface area contributed by atoms with Crippen LogP contribution in [0.2, 0.25) is 0 Å². The molecule has 0 aliphatic carbocycles. The molecule has 0 spiro atoms. The molecular weight excluding hydrogens is 387 g/mol. The summed E-state index contributed by atoms with van der Waals surface area (Å²) in [6, 6.07) is 7.55. The van der Waals surface area contributed by atoms with Gasteiger partial charge < -0.3 is 14.6 Å². The van der Waals surface area contributed by atoms with E-state index in [0.29, 0.717) is 32.7 Å². The molecule has 1 aromatic carbocycles. The van der Waals surface area contributed by atoms with Crippen LogP contribution in [0, 0.1) is 0 Å². The van der Waals surface area contributed by atoms with Crippen molar-refractivity contribution in [2.75, 3.05) is 26.2 Å². The Labute approximate surface area is 166 Å². The van der Waals surface area contributed by atoms with Crippen molar-refractivity contribution in [1.82, 2.24) is 15.1 Å². The highest BCUT2D eigenvalue weighted by atomic mass is 19.4. The Morgan fingerprint density at radius 1 is 1.10 bits per heavy atom. The van der Waals surface area contributed by atoms with Crippen LogP contribution in [-0.2, 0) is 17.5 Å². The molecule has 0 radical (unpaired) electrons. The van der Waals surface area contributed by atoms with Gasteiger partial charge in [-0.2, -0.15) is 13.2 Å². The van der Waals surface area contributed by atoms with Crippen LogP contribution in [0.3, 0.4) is 0 Å². The van der Waals surface area contributed by atoms with Gasteiger partial charge in [-0.25, -0.2) is 0 Å². The van der Waals surface area contributed by atoms with Crippen molar-refractivity contribution in [3.63, 3.8) is 0 Å². The van der Waals surface area contributed by atoms with Crippen molar-refractivity contribution in [2.24, 2.45) is 0 Å². The fraction of sp³-hybridized carbons (Fsp3) is 0.400. The van der Waals surface area contributed by atoms with Gasteiger partial charge in [0.15, 0.2) is 5.76 Å². The van der Waals surface area contributed by atoms with E-state index in [1.807, 2.05) is 0 Å². The Kier molecular flexibility index (Phi) is 6.26. The Morgan fingerprint density at radius 2 is 1.76 bits per heavy atom. The van der Waals surface area contributed by atoms with Gasteiger partial charge in [0.05, 0.1) is 11.8 Å². The number of rotatable bonds is 5. The average Bonchev–Trinajstić information content (AvgIpc) is 3.23. The number of carbonyl (C=O) groups is 2. The molecule has 2 amide bonds. The number of piperazine rings is 1. The van der Waals surface area contributed by atoms with Crippen LogP contribution in [0.15, 0.2) is 47.1 Å². The molecule has 156 valence electrons. The lowest BCUT2D eigenvalue weighted by Crippen LogP contribution is -2.53. The minimum Gasteiger partial charge on any atom is -0.459 e. The number of benzene rings is 1. The smallest absolute Gasteiger partial charge is 0.416 e. The van der Waals surface area contributed by atoms with Crippen LogP contribution in [0.4, 0.5) is 13.2 Å². The van der Waals surface area contributed by atoms with Gasteiger partial charge in [-0.1, -0.05) is 12.1 Å². The summed E-state index contributed by atoms with van der Waals surface area (Å²) in [5.74, 6) is -0.484. The van der Waals surface area contributed by atoms with Crippen molar-refractivity contribution in [1.29, 1.82) is 0 Å². The zero-order valence-electron chi connectivity index (χ0n) is 15.9. The molecule has 9 heteroatoms. The molecular formula is C20H22F3N3O3. The van der Waals surface area contributed by atoms with E-state index in [-0.39, 0.29) is 11.7 Å². The van der Waals surface area contributed by atoms with Crippen molar-refractivity contribution >= 4 is 11.8 Å². The van der Waals surface area contributed by atoms with Crippen LogP contribution < -0.4 is 5.32 Å². The third-order valence-corrected chi connectivity index (χ3v) is 4.83. The number of hydrogen-bond donors (Lipinski definition) is 1. The highest BCUT2D eigenvalue weighted by molar-refractivity contribution is 5.95. The first-order chi connectivity index (χ1) is 13.7. The predicted octanol–water partition coefficient (Wildman–Crippen LogP) is 2.76. The van der Waals surface area contributed by atoms with E-state index in [1.54, 1.807) is 17.9 Å². The third kappa shape index (κ3) is 5.38. The molecule has 1 N–H and O–H groups in total. The van der Waals surface area contributed by atoms with Gasteiger partial charge in [0.25, 0.3) is 5.91 Å². The molecule has 1 atom stereocenters. The fourth-order valence-electron chi connectivity index (χ4n) is 3.19. The number of carbonyl (C=O) groups excluding carboxylic acids is 2. The van der Waals surface area contributed by atoms with Crippen LogP contribution in [0.5, 0.6) is 0 Å². The van der Waals surface area contributed by atoms with Gasteiger partial charge in [-0.05, 0) is 36.8 Å². The average molecular weight is 409 g/mol. The lowest BCUT2D eigenvalue weighted by atomic mass is 10.1. The first-order valence-electron chi connectivity index (χ1n) is 9.25. The second kappa shape index (κ2) is 8.69. The van der Waals surface area contributed by atoms with E-state index in [1.165, 1.54) is 24.5 Å². The zero-order chi connectivity index (χ0) is 21.0. The summed E-state index contributed by atoms with van der Waals surface area (Å²) in [6.07, 6.45) is -2.95. The van der Waals surface area contributed by atoms with Gasteiger partial charge >= 0.3 is 6.18 Å². The van der Waals surface area contributed by atoms with Crippen LogP contribution in [-0.4, -0.2) is 53.8 Å². The van der Waals surface area contributed by atoms with E-state index >= 15 is 0 Å². The molecule has 29 heavy (non-hydrogen) atoms. The first kappa shape index (κ1) is 20.9. The lowest BCUT2D eigenvalue weighted by molar-refractivity contribution is -0.137. The SMILES string of the molecule is C[C@@H](NC(=O)c1ccco1)C(=O)N1CCN(Cc2ccc(C(F)(F)F)cc2)CC1. The topological polar surface area (TPSA) is 65.8 Å². The summed E-state index contributed by atoms with van der Waals surface area (Å²) < 4.78 is 42.9. The van der Waals surface area contributed by atoms with Crippen LogP contribution in [0.1, 0.15) is 28.6 Å². The van der Waals surface area contributed by atoms with Crippen LogP contribution in [0.25, 0.3) is 0 Å². The maximum Gasteiger partial charge on any atom is 0.416 e. The van der Waals surface area contributed by atoms with E-state index in [0.717, 1.165) is 17.7 Å². The molecule has 1 fully saturated rings. The van der Waals surface area contributed by atoms with Gasteiger partial charge in [-0.15, -0.1) is 0 Å². The molecule has 1 aliphatic rings. The predicted molar refractivity (Wildman–Crippen MR) is 98.9 cm³/mol. The van der Waals surface area contributed by atoms with Crippen molar-refractivity contribution in [3.8, 4) is 0 Å². The molecule has 6 nitrogen and oxygen atoms in total. The summed E-state index contributed by atoms with van der Waals surface area (Å²) in [6.45, 7) is 4.32. The molecule has 2 heterocycles. The molecule has 0 unspecified atom stereocenters. The third-order valence-electron chi connectivity index (χ3n) is 4.83. The summed E-state index contributed by atoms with van der Waals surface area (Å²) in [5, 5.41) is 2.62. The zero-order valence-corrected chi connectivity index (χ0v) is 15.9. The highest BCUT2D eigenvalue weighted by Gasteiger charge is 2.30. The van der Waals surface area contributed by atoms with E-state index in [2.05, 4.69) is 10.2 Å². The molecule has 1 aliphatic heterocycles. The summed E-state index contributed by atoms with van der Waals surface area (Å²) in [5.41, 5.74) is 0.124. The normalized spacial score (nSPS) is 16.5. The Hall–Kier alpha value is -2.81. The van der Waals surface area contributed by atoms with E-state index in [4.69, 9.17) is 4.42 Å². The molecule has 1 saturated heterocycles. The number of alkyl halides is 3. The number of halogens is 3. The summed E-state index contributed by atoms with van der Waals surface area (Å²) in [4.78, 5) is 28.3. The summed E-state index contributed by atoms with van der Waals surface area (Å²) in [7, 11) is 0.